The highest BCUT2D eigenvalue weighted by molar-refractivity contribution is 7.07. The molecule has 0 radical (unpaired) electrons. The molecule has 0 atom stereocenters. The number of rotatable bonds is 5. The van der Waals surface area contributed by atoms with Gasteiger partial charge in [-0.15, -0.1) is 0 Å². The Hall–Kier alpha value is -2.25. The first-order chi connectivity index (χ1) is 12.6. The molecule has 0 unspecified atom stereocenters. The number of carbonyl (C=O) groups excluding carboxylic acids is 2. The van der Waals surface area contributed by atoms with Gasteiger partial charge in [-0.2, -0.15) is 11.3 Å². The molecule has 1 saturated heterocycles. The molecule has 2 aromatic rings. The first kappa shape index (κ1) is 18.5. The van der Waals surface area contributed by atoms with Crippen LogP contribution in [0.25, 0.3) is 0 Å². The molecule has 1 aliphatic rings. The monoisotopic (exact) mass is 376 g/mol. The van der Waals surface area contributed by atoms with E-state index >= 15 is 0 Å². The first-order valence-electron chi connectivity index (χ1n) is 8.50. The Bertz CT molecular complexity index is 741. The van der Waals surface area contributed by atoms with Crippen molar-refractivity contribution in [3.8, 4) is 0 Å². The topological polar surface area (TPSA) is 67.4 Å². The van der Waals surface area contributed by atoms with Gasteiger partial charge in [0, 0.05) is 31.7 Å². The van der Waals surface area contributed by atoms with Gasteiger partial charge in [0.25, 0.3) is 0 Å². The highest BCUT2D eigenvalue weighted by Crippen LogP contribution is 2.34. The molecule has 138 valence electrons. The average molecular weight is 376 g/mol. The van der Waals surface area contributed by atoms with Gasteiger partial charge in [-0.25, -0.2) is 4.39 Å². The summed E-state index contributed by atoms with van der Waals surface area (Å²) >= 11 is 1.54. The minimum Gasteiger partial charge on any atom is -0.381 e. The predicted molar refractivity (Wildman–Crippen MR) is 97.3 cm³/mol. The third kappa shape index (κ3) is 4.47. The molecule has 2 heterocycles. The van der Waals surface area contributed by atoms with E-state index in [0.717, 1.165) is 11.1 Å². The maximum Gasteiger partial charge on any atom is 0.309 e. The highest BCUT2D eigenvalue weighted by Gasteiger charge is 2.35. The van der Waals surface area contributed by atoms with Crippen molar-refractivity contribution in [2.75, 3.05) is 19.8 Å². The van der Waals surface area contributed by atoms with Crippen LogP contribution in [0.5, 0.6) is 0 Å². The fourth-order valence-electron chi connectivity index (χ4n) is 3.12. The van der Waals surface area contributed by atoms with Crippen molar-refractivity contribution in [1.82, 2.24) is 10.6 Å². The summed E-state index contributed by atoms with van der Waals surface area (Å²) in [6, 6.07) is 8.21. The lowest BCUT2D eigenvalue weighted by atomic mass is 9.74. The lowest BCUT2D eigenvalue weighted by Crippen LogP contribution is -2.48. The maximum atomic E-state index is 13.3. The smallest absolute Gasteiger partial charge is 0.309 e. The van der Waals surface area contributed by atoms with Crippen molar-refractivity contribution in [3.63, 3.8) is 0 Å². The van der Waals surface area contributed by atoms with Crippen molar-refractivity contribution in [1.29, 1.82) is 0 Å². The normalized spacial score (nSPS) is 16.0. The Morgan fingerprint density at radius 2 is 1.77 bits per heavy atom. The Balaban J connectivity index is 1.61. The molecule has 1 aromatic carbocycles. The second-order valence-corrected chi connectivity index (χ2v) is 7.18. The second kappa shape index (κ2) is 8.42. The standard InChI is InChI=1S/C19H21FN2O3S/c20-16-3-1-15(2-4-16)19(6-8-25-9-7-19)13-22-18(24)17(23)21-11-14-5-10-26-12-14/h1-5,10,12H,6-9,11,13H2,(H,21,23)(H,22,24). The third-order valence-electron chi connectivity index (χ3n) is 4.73. The molecule has 26 heavy (non-hydrogen) atoms. The summed E-state index contributed by atoms with van der Waals surface area (Å²) in [5.74, 6) is -1.61. The SMILES string of the molecule is O=C(NCc1ccsc1)C(=O)NCC1(c2ccc(F)cc2)CCOCC1. The third-order valence-corrected chi connectivity index (χ3v) is 5.47. The van der Waals surface area contributed by atoms with E-state index in [9.17, 15) is 14.0 Å². The van der Waals surface area contributed by atoms with E-state index in [0.29, 0.717) is 39.1 Å². The molecule has 5 nitrogen and oxygen atoms in total. The number of nitrogens with one attached hydrogen (secondary N) is 2. The number of ether oxygens (including phenoxy) is 1. The molecule has 0 aliphatic carbocycles. The summed E-state index contributed by atoms with van der Waals surface area (Å²) in [5.41, 5.74) is 1.56. The van der Waals surface area contributed by atoms with E-state index in [1.54, 1.807) is 12.1 Å². The summed E-state index contributed by atoms with van der Waals surface area (Å²) in [4.78, 5) is 24.2. The van der Waals surface area contributed by atoms with Crippen molar-refractivity contribution >= 4 is 23.2 Å². The molecule has 7 heteroatoms. The van der Waals surface area contributed by atoms with E-state index in [1.165, 1.54) is 23.5 Å². The molecular formula is C19H21FN2O3S. The summed E-state index contributed by atoms with van der Waals surface area (Å²) < 4.78 is 18.7. The fourth-order valence-corrected chi connectivity index (χ4v) is 3.79. The van der Waals surface area contributed by atoms with Gasteiger partial charge in [0.15, 0.2) is 0 Å². The summed E-state index contributed by atoms with van der Waals surface area (Å²) in [5, 5.41) is 9.19. The molecule has 1 aliphatic heterocycles. The number of halogens is 1. The van der Waals surface area contributed by atoms with Gasteiger partial charge < -0.3 is 15.4 Å². The summed E-state index contributed by atoms with van der Waals surface area (Å²) in [7, 11) is 0. The Morgan fingerprint density at radius 3 is 2.42 bits per heavy atom. The van der Waals surface area contributed by atoms with Crippen LogP contribution in [0.2, 0.25) is 0 Å². The van der Waals surface area contributed by atoms with Gasteiger partial charge in [0.2, 0.25) is 0 Å². The van der Waals surface area contributed by atoms with Gasteiger partial charge in [-0.05, 0) is 52.9 Å². The van der Waals surface area contributed by atoms with E-state index in [4.69, 9.17) is 4.74 Å². The van der Waals surface area contributed by atoms with Crippen LogP contribution >= 0.6 is 11.3 Å². The number of hydrogen-bond acceptors (Lipinski definition) is 4. The van der Waals surface area contributed by atoms with Crippen molar-refractivity contribution in [3.05, 3.63) is 58.0 Å². The molecule has 0 spiro atoms. The molecule has 3 rings (SSSR count). The Labute approximate surface area is 155 Å². The molecule has 1 aromatic heterocycles. The van der Waals surface area contributed by atoms with Crippen LogP contribution in [-0.2, 0) is 26.3 Å². The fraction of sp³-hybridized carbons (Fsp3) is 0.368. The molecule has 2 N–H and O–H groups in total. The largest absolute Gasteiger partial charge is 0.381 e. The predicted octanol–water partition coefficient (Wildman–Crippen LogP) is 2.37. The zero-order valence-corrected chi connectivity index (χ0v) is 15.1. The van der Waals surface area contributed by atoms with Gasteiger partial charge in [-0.3, -0.25) is 9.59 Å². The van der Waals surface area contributed by atoms with Crippen LogP contribution in [0.1, 0.15) is 24.0 Å². The van der Waals surface area contributed by atoms with Crippen molar-refractivity contribution in [2.45, 2.75) is 24.8 Å². The second-order valence-electron chi connectivity index (χ2n) is 6.40. The maximum absolute atomic E-state index is 13.3. The number of benzene rings is 1. The van der Waals surface area contributed by atoms with E-state index in [2.05, 4.69) is 10.6 Å². The molecular weight excluding hydrogens is 355 g/mol. The molecule has 0 bridgehead atoms. The van der Waals surface area contributed by atoms with E-state index in [1.807, 2.05) is 16.8 Å². The Morgan fingerprint density at radius 1 is 1.08 bits per heavy atom. The van der Waals surface area contributed by atoms with Crippen LogP contribution in [0.15, 0.2) is 41.1 Å². The minimum atomic E-state index is -0.659. The zero-order valence-electron chi connectivity index (χ0n) is 14.3. The van der Waals surface area contributed by atoms with Crippen LogP contribution < -0.4 is 10.6 Å². The summed E-state index contributed by atoms with van der Waals surface area (Å²) in [6.07, 6.45) is 1.41. The van der Waals surface area contributed by atoms with Gasteiger partial charge in [-0.1, -0.05) is 12.1 Å². The lowest BCUT2D eigenvalue weighted by Gasteiger charge is -2.37. The number of hydrogen-bond donors (Lipinski definition) is 2. The van der Waals surface area contributed by atoms with E-state index in [-0.39, 0.29) is 11.2 Å². The van der Waals surface area contributed by atoms with Crippen LogP contribution in [0.4, 0.5) is 4.39 Å². The van der Waals surface area contributed by atoms with Crippen molar-refractivity contribution < 1.29 is 18.7 Å². The van der Waals surface area contributed by atoms with Crippen LogP contribution in [-0.4, -0.2) is 31.6 Å². The van der Waals surface area contributed by atoms with E-state index < -0.39 is 11.8 Å². The number of amides is 2. The van der Waals surface area contributed by atoms with Crippen molar-refractivity contribution in [2.24, 2.45) is 0 Å². The lowest BCUT2D eigenvalue weighted by molar-refractivity contribution is -0.139. The number of carbonyl (C=O) groups is 2. The first-order valence-corrected chi connectivity index (χ1v) is 9.44. The highest BCUT2D eigenvalue weighted by atomic mass is 32.1. The van der Waals surface area contributed by atoms with Gasteiger partial charge in [0.1, 0.15) is 5.82 Å². The number of thiophene rings is 1. The summed E-state index contributed by atoms with van der Waals surface area (Å²) in [6.45, 7) is 1.77. The molecule has 1 fully saturated rings. The minimum absolute atomic E-state index is 0.298. The molecule has 2 amide bonds. The van der Waals surface area contributed by atoms with Crippen LogP contribution in [0.3, 0.4) is 0 Å². The molecule has 0 saturated carbocycles. The van der Waals surface area contributed by atoms with Crippen LogP contribution in [0, 0.1) is 5.82 Å². The van der Waals surface area contributed by atoms with Gasteiger partial charge >= 0.3 is 11.8 Å². The zero-order chi connectivity index (χ0) is 18.4. The van der Waals surface area contributed by atoms with Gasteiger partial charge in [0.05, 0.1) is 0 Å². The quantitative estimate of drug-likeness (QED) is 0.788. The Kier molecular flexibility index (Phi) is 6.00. The average Bonchev–Trinajstić information content (AvgIpc) is 3.19.